The fourth-order valence-corrected chi connectivity index (χ4v) is 3.22. The molecule has 2 aromatic rings. The molecule has 1 saturated carbocycles. The first-order valence-corrected chi connectivity index (χ1v) is 7.45. The minimum Gasteiger partial charge on any atom is -0.379 e. The molecule has 0 aromatic heterocycles. The van der Waals surface area contributed by atoms with Crippen molar-refractivity contribution in [2.24, 2.45) is 0 Å². The summed E-state index contributed by atoms with van der Waals surface area (Å²) >= 11 is 12.0. The number of benzene rings is 2. The summed E-state index contributed by atoms with van der Waals surface area (Å²) in [5, 5.41) is 3.86. The number of hydrogen-bond donors (Lipinski definition) is 1. The van der Waals surface area contributed by atoms with Gasteiger partial charge in [0.2, 0.25) is 0 Å². The molecule has 1 N–H and O–H groups in total. The molecule has 0 bridgehead atoms. The molecule has 2 aromatic carbocycles. The first-order valence-electron chi connectivity index (χ1n) is 6.70. The van der Waals surface area contributed by atoms with Gasteiger partial charge in [0.1, 0.15) is 5.82 Å². The Morgan fingerprint density at radius 3 is 2.38 bits per heavy atom. The van der Waals surface area contributed by atoms with E-state index < -0.39 is 11.6 Å². The molecule has 0 radical (unpaired) electrons. The molecule has 0 aliphatic heterocycles. The summed E-state index contributed by atoms with van der Waals surface area (Å²) in [4.78, 5) is 0. The van der Waals surface area contributed by atoms with Crippen molar-refractivity contribution in [3.05, 3.63) is 63.6 Å². The Morgan fingerprint density at radius 1 is 1.00 bits per heavy atom. The van der Waals surface area contributed by atoms with Crippen LogP contribution in [0.15, 0.2) is 36.4 Å². The quantitative estimate of drug-likeness (QED) is 0.770. The van der Waals surface area contributed by atoms with E-state index in [1.165, 1.54) is 0 Å². The van der Waals surface area contributed by atoms with Crippen molar-refractivity contribution in [3.8, 4) is 0 Å². The van der Waals surface area contributed by atoms with Crippen LogP contribution in [-0.2, 0) is 0 Å². The van der Waals surface area contributed by atoms with Gasteiger partial charge in [-0.25, -0.2) is 8.78 Å². The number of anilines is 1. The predicted molar refractivity (Wildman–Crippen MR) is 82.2 cm³/mol. The van der Waals surface area contributed by atoms with Crippen LogP contribution in [0.2, 0.25) is 10.0 Å². The molecule has 0 unspecified atom stereocenters. The van der Waals surface area contributed by atoms with Crippen LogP contribution in [0, 0.1) is 11.6 Å². The van der Waals surface area contributed by atoms with Crippen LogP contribution in [0.25, 0.3) is 0 Å². The number of halogens is 4. The second kappa shape index (κ2) is 5.82. The van der Waals surface area contributed by atoms with Gasteiger partial charge in [0.25, 0.3) is 0 Å². The third-order valence-electron chi connectivity index (χ3n) is 3.84. The Bertz CT molecular complexity index is 646. The molecule has 0 saturated heterocycles. The zero-order chi connectivity index (χ0) is 15.0. The van der Waals surface area contributed by atoms with Crippen LogP contribution in [0.5, 0.6) is 0 Å². The van der Waals surface area contributed by atoms with E-state index in [4.69, 9.17) is 23.2 Å². The highest BCUT2D eigenvalue weighted by Crippen LogP contribution is 2.42. The highest BCUT2D eigenvalue weighted by molar-refractivity contribution is 6.33. The predicted octanol–water partition coefficient (Wildman–Crippen LogP) is 5.63. The van der Waals surface area contributed by atoms with Gasteiger partial charge in [0, 0.05) is 17.1 Å². The summed E-state index contributed by atoms with van der Waals surface area (Å²) in [5.41, 5.74) is 1.28. The van der Waals surface area contributed by atoms with Gasteiger partial charge >= 0.3 is 0 Å². The van der Waals surface area contributed by atoms with Gasteiger partial charge < -0.3 is 5.32 Å². The van der Waals surface area contributed by atoms with Crippen LogP contribution >= 0.6 is 23.2 Å². The van der Waals surface area contributed by atoms with Crippen LogP contribution in [-0.4, -0.2) is 6.04 Å². The third-order valence-corrected chi connectivity index (χ3v) is 4.48. The first-order chi connectivity index (χ1) is 10.0. The third kappa shape index (κ3) is 2.99. The fourth-order valence-electron chi connectivity index (χ4n) is 2.68. The molecule has 1 aliphatic carbocycles. The molecule has 5 heteroatoms. The molecule has 110 valence electrons. The van der Waals surface area contributed by atoms with Crippen molar-refractivity contribution in [3.63, 3.8) is 0 Å². The fraction of sp³-hybridized carbons (Fsp3) is 0.250. The van der Waals surface area contributed by atoms with Crippen LogP contribution in [0.4, 0.5) is 14.5 Å². The molecule has 21 heavy (non-hydrogen) atoms. The maximum atomic E-state index is 13.7. The summed E-state index contributed by atoms with van der Waals surface area (Å²) in [5.74, 6) is -0.981. The van der Waals surface area contributed by atoms with E-state index in [0.717, 1.165) is 35.6 Å². The van der Waals surface area contributed by atoms with E-state index in [2.05, 4.69) is 5.32 Å². The van der Waals surface area contributed by atoms with Crippen molar-refractivity contribution in [1.82, 2.24) is 0 Å². The second-order valence-corrected chi connectivity index (χ2v) is 6.09. The minimum atomic E-state index is -0.675. The standard InChI is InChI=1S/C16H13Cl2F2N/c17-13-4-2-1-3-12(13)9-5-11(6-9)21-16-14(18)7-10(19)8-15(16)20/h1-4,7-9,11,21H,5-6H2. The van der Waals surface area contributed by atoms with Crippen molar-refractivity contribution in [2.75, 3.05) is 5.32 Å². The maximum Gasteiger partial charge on any atom is 0.150 e. The molecular weight excluding hydrogens is 315 g/mol. The molecule has 1 fully saturated rings. The average molecular weight is 328 g/mol. The first kappa shape index (κ1) is 14.6. The van der Waals surface area contributed by atoms with Gasteiger partial charge in [-0.2, -0.15) is 0 Å². The highest BCUT2D eigenvalue weighted by atomic mass is 35.5. The Balaban J connectivity index is 1.67. The summed E-state index contributed by atoms with van der Waals surface area (Å²) < 4.78 is 26.7. The number of rotatable bonds is 3. The lowest BCUT2D eigenvalue weighted by atomic mass is 9.76. The SMILES string of the molecule is Fc1cc(F)c(NC2CC(c3ccccc3Cl)C2)c(Cl)c1. The number of hydrogen-bond acceptors (Lipinski definition) is 1. The molecule has 1 nitrogen and oxygen atoms in total. The molecule has 3 rings (SSSR count). The maximum absolute atomic E-state index is 13.7. The average Bonchev–Trinajstić information content (AvgIpc) is 2.37. The Hall–Kier alpha value is -1.32. The van der Waals surface area contributed by atoms with Gasteiger partial charge in [-0.3, -0.25) is 0 Å². The minimum absolute atomic E-state index is 0.0636. The summed E-state index contributed by atoms with van der Waals surface area (Å²) in [7, 11) is 0. The molecule has 0 atom stereocenters. The van der Waals surface area contributed by atoms with Gasteiger partial charge in [-0.15, -0.1) is 0 Å². The van der Waals surface area contributed by atoms with Gasteiger partial charge in [-0.1, -0.05) is 41.4 Å². The van der Waals surface area contributed by atoms with Gasteiger partial charge in [-0.05, 0) is 36.5 Å². The lowest BCUT2D eigenvalue weighted by molar-refractivity contribution is 0.373. The monoisotopic (exact) mass is 327 g/mol. The summed E-state index contributed by atoms with van der Waals surface area (Å²) in [6.45, 7) is 0. The van der Waals surface area contributed by atoms with Crippen LogP contribution < -0.4 is 5.32 Å². The van der Waals surface area contributed by atoms with E-state index in [-0.39, 0.29) is 16.8 Å². The molecular formula is C16H13Cl2F2N. The molecule has 0 heterocycles. The molecule has 0 amide bonds. The lowest BCUT2D eigenvalue weighted by Crippen LogP contribution is -2.34. The number of nitrogens with one attached hydrogen (secondary N) is 1. The second-order valence-electron chi connectivity index (χ2n) is 5.28. The van der Waals surface area contributed by atoms with E-state index in [1.54, 1.807) is 0 Å². The van der Waals surface area contributed by atoms with Gasteiger partial charge in [0.05, 0.1) is 10.7 Å². The summed E-state index contributed by atoms with van der Waals surface area (Å²) in [6.07, 6.45) is 1.69. The van der Waals surface area contributed by atoms with Crippen molar-refractivity contribution < 1.29 is 8.78 Å². The molecule has 0 spiro atoms. The zero-order valence-corrected chi connectivity index (χ0v) is 12.6. The van der Waals surface area contributed by atoms with Crippen LogP contribution in [0.1, 0.15) is 24.3 Å². The lowest BCUT2D eigenvalue weighted by Gasteiger charge is -2.37. The zero-order valence-electron chi connectivity index (χ0n) is 11.0. The Kier molecular flexibility index (Phi) is 4.05. The Morgan fingerprint density at radius 2 is 1.71 bits per heavy atom. The van der Waals surface area contributed by atoms with E-state index in [9.17, 15) is 8.78 Å². The Labute approximate surface area is 131 Å². The topological polar surface area (TPSA) is 12.0 Å². The smallest absolute Gasteiger partial charge is 0.150 e. The normalized spacial score (nSPS) is 21.0. The van der Waals surface area contributed by atoms with E-state index >= 15 is 0 Å². The van der Waals surface area contributed by atoms with Crippen molar-refractivity contribution in [1.29, 1.82) is 0 Å². The molecule has 1 aliphatic rings. The van der Waals surface area contributed by atoms with Crippen molar-refractivity contribution >= 4 is 28.9 Å². The largest absolute Gasteiger partial charge is 0.379 e. The van der Waals surface area contributed by atoms with Gasteiger partial charge in [0.15, 0.2) is 5.82 Å². The van der Waals surface area contributed by atoms with Crippen molar-refractivity contribution in [2.45, 2.75) is 24.8 Å². The highest BCUT2D eigenvalue weighted by Gasteiger charge is 2.32. The summed E-state index contributed by atoms with van der Waals surface area (Å²) in [6, 6.07) is 9.79. The van der Waals surface area contributed by atoms with Crippen LogP contribution in [0.3, 0.4) is 0 Å². The van der Waals surface area contributed by atoms with E-state index in [0.29, 0.717) is 5.92 Å². The van der Waals surface area contributed by atoms with E-state index in [1.807, 2.05) is 24.3 Å².